The van der Waals surface area contributed by atoms with E-state index >= 15 is 0 Å². The van der Waals surface area contributed by atoms with Crippen LogP contribution in [0.3, 0.4) is 0 Å². The summed E-state index contributed by atoms with van der Waals surface area (Å²) < 4.78 is 0. The Balaban J connectivity index is 1.45. The number of imide groups is 1. The zero-order chi connectivity index (χ0) is 15.1. The first kappa shape index (κ1) is 12.8. The van der Waals surface area contributed by atoms with E-state index in [1.54, 1.807) is 24.3 Å². The summed E-state index contributed by atoms with van der Waals surface area (Å²) in [6.07, 6.45) is 4.56. The fraction of sp³-hybridized carbons (Fsp3) is 0.556. The molecule has 3 aliphatic carbocycles. The SMILES string of the molecule is CC1CC2CC3CC(ON4C(=O)c5ccccc5C4=O)(C1)C23. The number of hydrogen-bond donors (Lipinski definition) is 0. The monoisotopic (exact) mass is 297 g/mol. The summed E-state index contributed by atoms with van der Waals surface area (Å²) in [5.74, 6) is 2.07. The Morgan fingerprint density at radius 2 is 1.73 bits per heavy atom. The van der Waals surface area contributed by atoms with Gasteiger partial charge in [0.2, 0.25) is 0 Å². The van der Waals surface area contributed by atoms with Crippen molar-refractivity contribution >= 4 is 11.8 Å². The van der Waals surface area contributed by atoms with E-state index < -0.39 is 0 Å². The highest BCUT2D eigenvalue weighted by Crippen LogP contribution is 2.68. The summed E-state index contributed by atoms with van der Waals surface area (Å²) in [5.41, 5.74) is 0.668. The molecule has 0 N–H and O–H groups in total. The van der Waals surface area contributed by atoms with Gasteiger partial charge in [-0.3, -0.25) is 14.4 Å². The predicted octanol–water partition coefficient (Wildman–Crippen LogP) is 3.04. The third kappa shape index (κ3) is 1.42. The molecule has 3 saturated carbocycles. The molecule has 1 heterocycles. The second-order valence-electron chi connectivity index (χ2n) is 7.64. The van der Waals surface area contributed by atoms with Crippen LogP contribution in [0.25, 0.3) is 0 Å². The van der Waals surface area contributed by atoms with E-state index in [4.69, 9.17) is 4.84 Å². The summed E-state index contributed by atoms with van der Waals surface area (Å²) >= 11 is 0. The molecule has 0 saturated heterocycles. The van der Waals surface area contributed by atoms with Crippen molar-refractivity contribution in [3.63, 3.8) is 0 Å². The maximum absolute atomic E-state index is 12.5. The third-order valence-electron chi connectivity index (χ3n) is 6.27. The van der Waals surface area contributed by atoms with E-state index in [1.165, 1.54) is 12.8 Å². The van der Waals surface area contributed by atoms with Crippen molar-refractivity contribution in [3.8, 4) is 0 Å². The normalized spacial score (nSPS) is 41.6. The number of rotatable bonds is 2. The first-order valence-corrected chi connectivity index (χ1v) is 8.26. The van der Waals surface area contributed by atoms with Gasteiger partial charge in [0.1, 0.15) is 5.60 Å². The Morgan fingerprint density at radius 1 is 1.05 bits per heavy atom. The predicted molar refractivity (Wildman–Crippen MR) is 78.9 cm³/mol. The Hall–Kier alpha value is -1.68. The van der Waals surface area contributed by atoms with Gasteiger partial charge in [0, 0.05) is 0 Å². The highest BCUT2D eigenvalue weighted by Gasteiger charge is 2.68. The van der Waals surface area contributed by atoms with Crippen LogP contribution in [-0.4, -0.2) is 22.5 Å². The molecule has 4 aliphatic rings. The van der Waals surface area contributed by atoms with Crippen molar-refractivity contribution in [1.29, 1.82) is 0 Å². The molecule has 1 aromatic rings. The van der Waals surface area contributed by atoms with Crippen LogP contribution in [0.4, 0.5) is 0 Å². The summed E-state index contributed by atoms with van der Waals surface area (Å²) in [5, 5.41) is 1.05. The van der Waals surface area contributed by atoms with Gasteiger partial charge < -0.3 is 0 Å². The molecule has 4 heteroatoms. The van der Waals surface area contributed by atoms with Gasteiger partial charge in [0.05, 0.1) is 11.1 Å². The lowest BCUT2D eigenvalue weighted by molar-refractivity contribution is -0.329. The zero-order valence-corrected chi connectivity index (χ0v) is 12.6. The average Bonchev–Trinajstić information content (AvgIpc) is 2.69. The average molecular weight is 297 g/mol. The van der Waals surface area contributed by atoms with Gasteiger partial charge in [0.15, 0.2) is 0 Å². The summed E-state index contributed by atoms with van der Waals surface area (Å²) in [7, 11) is 0. The number of amides is 2. The highest BCUT2D eigenvalue weighted by molar-refractivity contribution is 6.20. The highest BCUT2D eigenvalue weighted by atomic mass is 16.7. The minimum absolute atomic E-state index is 0.265. The molecular weight excluding hydrogens is 278 g/mol. The van der Waals surface area contributed by atoms with Gasteiger partial charge in [-0.2, -0.15) is 0 Å². The smallest absolute Gasteiger partial charge is 0.266 e. The Kier molecular flexibility index (Phi) is 2.32. The third-order valence-corrected chi connectivity index (χ3v) is 6.27. The summed E-state index contributed by atoms with van der Waals surface area (Å²) in [6.45, 7) is 2.26. The number of carbonyl (C=O) groups is 2. The minimum Gasteiger partial charge on any atom is -0.266 e. The van der Waals surface area contributed by atoms with E-state index in [-0.39, 0.29) is 17.4 Å². The van der Waals surface area contributed by atoms with Crippen LogP contribution in [0.5, 0.6) is 0 Å². The molecule has 4 nitrogen and oxygen atoms in total. The van der Waals surface area contributed by atoms with Crippen LogP contribution < -0.4 is 0 Å². The molecule has 22 heavy (non-hydrogen) atoms. The fourth-order valence-corrected chi connectivity index (χ4v) is 5.58. The molecule has 114 valence electrons. The number of carbonyl (C=O) groups excluding carboxylic acids is 2. The Morgan fingerprint density at radius 3 is 2.36 bits per heavy atom. The van der Waals surface area contributed by atoms with Gasteiger partial charge in [-0.25, -0.2) is 0 Å². The lowest BCUT2D eigenvalue weighted by atomic mass is 9.40. The van der Waals surface area contributed by atoms with Crippen molar-refractivity contribution in [2.24, 2.45) is 23.7 Å². The van der Waals surface area contributed by atoms with Crippen LogP contribution in [0.1, 0.15) is 53.3 Å². The van der Waals surface area contributed by atoms with E-state index in [2.05, 4.69) is 6.92 Å². The first-order valence-electron chi connectivity index (χ1n) is 8.26. The van der Waals surface area contributed by atoms with Crippen LogP contribution in [0.15, 0.2) is 24.3 Å². The molecular formula is C18H19NO3. The quantitative estimate of drug-likeness (QED) is 0.788. The number of benzene rings is 1. The molecule has 5 rings (SSSR count). The molecule has 0 radical (unpaired) electrons. The van der Waals surface area contributed by atoms with Crippen molar-refractivity contribution in [2.45, 2.75) is 38.2 Å². The standard InChI is InChI=1S/C18H19NO3/c1-10-6-11-7-12-9-18(8-10,15(11)12)22-19-16(20)13-4-2-3-5-14(13)17(19)21/h2-5,10-12,15H,6-9H2,1H3. The molecule has 0 spiro atoms. The number of hydrogen-bond acceptors (Lipinski definition) is 3. The fourth-order valence-electron chi connectivity index (χ4n) is 5.58. The summed E-state index contributed by atoms with van der Waals surface area (Å²) in [4.78, 5) is 31.2. The summed E-state index contributed by atoms with van der Waals surface area (Å²) in [6, 6.07) is 6.98. The van der Waals surface area contributed by atoms with Crippen LogP contribution in [-0.2, 0) is 4.84 Å². The lowest BCUT2D eigenvalue weighted by Gasteiger charge is -2.68. The lowest BCUT2D eigenvalue weighted by Crippen LogP contribution is -2.69. The number of nitrogens with zero attached hydrogens (tertiary/aromatic N) is 1. The van der Waals surface area contributed by atoms with Crippen molar-refractivity contribution in [3.05, 3.63) is 35.4 Å². The van der Waals surface area contributed by atoms with Crippen LogP contribution in [0, 0.1) is 23.7 Å². The molecule has 2 amide bonds. The maximum Gasteiger partial charge on any atom is 0.285 e. The van der Waals surface area contributed by atoms with Gasteiger partial charge in [-0.1, -0.05) is 19.1 Å². The molecule has 0 bridgehead atoms. The van der Waals surface area contributed by atoms with E-state index in [0.29, 0.717) is 23.0 Å². The minimum atomic E-state index is -0.299. The Labute approximate surface area is 129 Å². The van der Waals surface area contributed by atoms with Gasteiger partial charge in [0.25, 0.3) is 11.8 Å². The van der Waals surface area contributed by atoms with Gasteiger partial charge in [-0.05, 0) is 61.5 Å². The maximum atomic E-state index is 12.5. The second-order valence-corrected chi connectivity index (χ2v) is 7.64. The number of fused-ring (bicyclic) bond motifs is 1. The molecule has 1 aliphatic heterocycles. The zero-order valence-electron chi connectivity index (χ0n) is 12.6. The van der Waals surface area contributed by atoms with Crippen molar-refractivity contribution < 1.29 is 14.4 Å². The topological polar surface area (TPSA) is 46.6 Å². The van der Waals surface area contributed by atoms with Crippen molar-refractivity contribution in [1.82, 2.24) is 5.06 Å². The van der Waals surface area contributed by atoms with Gasteiger partial charge in [-0.15, -0.1) is 5.06 Å². The molecule has 3 fully saturated rings. The molecule has 0 aromatic heterocycles. The van der Waals surface area contributed by atoms with Crippen LogP contribution in [0.2, 0.25) is 0 Å². The van der Waals surface area contributed by atoms with Crippen molar-refractivity contribution in [2.75, 3.05) is 0 Å². The van der Waals surface area contributed by atoms with Gasteiger partial charge >= 0.3 is 0 Å². The molecule has 5 atom stereocenters. The van der Waals surface area contributed by atoms with E-state index in [1.807, 2.05) is 0 Å². The second kappa shape index (κ2) is 3.99. The Bertz CT molecular complexity index is 664. The first-order chi connectivity index (χ1) is 10.6. The largest absolute Gasteiger partial charge is 0.285 e. The van der Waals surface area contributed by atoms with Crippen LogP contribution >= 0.6 is 0 Å². The van der Waals surface area contributed by atoms with E-state index in [9.17, 15) is 9.59 Å². The molecule has 1 aromatic carbocycles. The molecule has 5 unspecified atom stereocenters. The van der Waals surface area contributed by atoms with E-state index in [0.717, 1.165) is 29.7 Å². The number of hydroxylamine groups is 2.